The first kappa shape index (κ1) is 117. The second kappa shape index (κ2) is 54.4. The molecule has 0 bridgehead atoms. The molecule has 0 aromatic heterocycles. The number of hydrogen-bond acceptors (Lipinski definition) is 46. The van der Waals surface area contributed by atoms with Gasteiger partial charge in [0.15, 0.2) is 93.0 Å². The van der Waals surface area contributed by atoms with E-state index < -0.39 is 337 Å². The Hall–Kier alpha value is -14.0. The lowest BCUT2D eigenvalue weighted by Crippen LogP contribution is -2.66. The van der Waals surface area contributed by atoms with Gasteiger partial charge in [-0.25, -0.2) is 38.4 Å². The minimum absolute atomic E-state index is 0.133. The minimum atomic E-state index is -3.69. The monoisotopic (exact) mass is 1880 g/mol. The fourth-order valence-electron chi connectivity index (χ4n) is 11.8. The maximum Gasteiger partial charge on any atom is 0.392 e. The van der Waals surface area contributed by atoms with E-state index in [2.05, 4.69) is 52.2 Å². The molecule has 12 atom stereocenters. The lowest BCUT2D eigenvalue weighted by atomic mass is 9.82. The third-order valence-electron chi connectivity index (χ3n) is 19.2. The topological polar surface area (TPSA) is 1200 Å². The van der Waals surface area contributed by atoms with Crippen LogP contribution in [0.5, 0.6) is 0 Å². The average Bonchev–Trinajstić information content (AvgIpc) is 0.765. The van der Waals surface area contributed by atoms with Crippen LogP contribution in [0.3, 0.4) is 0 Å². The van der Waals surface area contributed by atoms with Crippen LogP contribution < -0.4 is 163 Å². The molecule has 0 aliphatic rings. The van der Waals surface area contributed by atoms with Crippen LogP contribution in [-0.4, -0.2) is 275 Å². The molecule has 0 radical (unpaired) electrons. The third-order valence-corrected chi connectivity index (χ3v) is 19.2. The highest BCUT2D eigenvalue weighted by atomic mass is 16.7. The number of carbonyl (C=O) groups excluding carboxylic acids is 17. The number of ketones is 5. The number of rotatable bonds is 63. The molecule has 58 N–H and O–H groups in total. The Morgan fingerprint density at radius 1 is 0.328 bits per heavy atom. The van der Waals surface area contributed by atoms with Crippen molar-refractivity contribution in [3.05, 3.63) is 0 Å². The van der Waals surface area contributed by atoms with Gasteiger partial charge in [0, 0.05) is 90.9 Å². The number of ether oxygens (including phenoxy) is 4. The van der Waals surface area contributed by atoms with E-state index in [-0.39, 0.29) is 77.9 Å². The summed E-state index contributed by atoms with van der Waals surface area (Å²) in [5.41, 5.74) is 88.4. The van der Waals surface area contributed by atoms with Gasteiger partial charge in [-0.05, 0) is 103 Å². The van der Waals surface area contributed by atoms with Gasteiger partial charge in [0.25, 0.3) is 47.5 Å². The zero-order valence-corrected chi connectivity index (χ0v) is 71.7. The molecule has 0 aliphatic heterocycles. The van der Waals surface area contributed by atoms with Crippen LogP contribution in [0.1, 0.15) is 142 Å². The van der Waals surface area contributed by atoms with Crippen molar-refractivity contribution in [2.24, 2.45) is 127 Å². The predicted molar refractivity (Wildman–Crippen MR) is 453 cm³/mol. The molecular formula is C67H125N39O25. The van der Waals surface area contributed by atoms with Crippen molar-refractivity contribution in [1.82, 2.24) is 52.7 Å². The maximum atomic E-state index is 14.8. The van der Waals surface area contributed by atoms with Crippen molar-refractivity contribution in [2.75, 3.05) is 52.4 Å². The Labute approximate surface area is 746 Å². The van der Waals surface area contributed by atoms with E-state index in [1.165, 1.54) is 0 Å². The van der Waals surface area contributed by atoms with Crippen LogP contribution in [0.15, 0.2) is 0 Å². The molecule has 131 heavy (non-hydrogen) atoms. The molecule has 0 rings (SSSR count). The highest BCUT2D eigenvalue weighted by Crippen LogP contribution is 2.31. The van der Waals surface area contributed by atoms with Crippen molar-refractivity contribution in [1.29, 1.82) is 43.3 Å². The van der Waals surface area contributed by atoms with Gasteiger partial charge in [-0.1, -0.05) is 0 Å². The first-order valence-electron chi connectivity index (χ1n) is 39.3. The maximum absolute atomic E-state index is 14.8. The van der Waals surface area contributed by atoms with Gasteiger partial charge in [0.1, 0.15) is 5.78 Å². The first-order chi connectivity index (χ1) is 60.7. The number of esters is 4. The fourth-order valence-corrected chi connectivity index (χ4v) is 11.8. The zero-order chi connectivity index (χ0) is 101. The Morgan fingerprint density at radius 2 is 0.588 bits per heavy atom. The summed E-state index contributed by atoms with van der Waals surface area (Å²) in [5, 5.41) is 78.2. The molecular weight excluding hydrogens is 1750 g/mol. The molecule has 738 valence electrons. The summed E-state index contributed by atoms with van der Waals surface area (Å²) in [5.74, 6) is -22.0. The van der Waals surface area contributed by atoms with E-state index in [1.54, 1.807) is 0 Å². The van der Waals surface area contributed by atoms with Crippen molar-refractivity contribution >= 4 is 149 Å². The second-order valence-corrected chi connectivity index (χ2v) is 29.5. The molecule has 0 spiro atoms. The molecule has 0 saturated carbocycles. The molecule has 12 unspecified atom stereocenters. The van der Waals surface area contributed by atoms with Crippen LogP contribution in [0.2, 0.25) is 0 Å². The van der Waals surface area contributed by atoms with E-state index in [1.807, 2.05) is 0 Å². The average molecular weight is 1880 g/mol. The van der Waals surface area contributed by atoms with Gasteiger partial charge < -0.3 is 167 Å². The number of hydrogen-bond donors (Lipinski definition) is 37. The molecule has 0 aromatic rings. The molecule has 0 saturated heterocycles. The van der Waals surface area contributed by atoms with Gasteiger partial charge in [-0.2, -0.15) is 11.8 Å². The normalized spacial score (nSPS) is 15.5. The zero-order valence-electron chi connectivity index (χ0n) is 71.7. The minimum Gasteiger partial charge on any atom is -0.431 e. The smallest absolute Gasteiger partial charge is 0.392 e. The number of nitrogens with zero attached hydrogens (tertiary/aromatic N) is 2. The largest absolute Gasteiger partial charge is 0.431 e. The number of hydroxylamine groups is 4. The van der Waals surface area contributed by atoms with E-state index in [9.17, 15) is 81.5 Å². The Kier molecular flexibility index (Phi) is 48.6. The predicted octanol–water partition coefficient (Wildman–Crippen LogP) is -17.2. The van der Waals surface area contributed by atoms with Crippen LogP contribution >= 0.6 is 0 Å². The summed E-state index contributed by atoms with van der Waals surface area (Å²) >= 11 is 0. The Bertz CT molecular complexity index is 4170. The van der Waals surface area contributed by atoms with Gasteiger partial charge in [-0.15, -0.1) is 10.1 Å². The lowest BCUT2D eigenvalue weighted by molar-refractivity contribution is -0.221. The lowest BCUT2D eigenvalue weighted by Gasteiger charge is -2.37. The number of carbonyl (C=O) groups is 17. The van der Waals surface area contributed by atoms with Crippen molar-refractivity contribution in [3.63, 3.8) is 0 Å². The summed E-state index contributed by atoms with van der Waals surface area (Å²) in [6.45, 7) is -1.65. The molecule has 0 fully saturated rings. The molecule has 0 aromatic carbocycles. The number of nitrogens with one attached hydrogen (secondary N) is 16. The number of nitrogens with two attached hydrogens (primary N) is 21. The van der Waals surface area contributed by atoms with Gasteiger partial charge in [-0.3, -0.25) is 109 Å². The summed E-state index contributed by atoms with van der Waals surface area (Å²) in [6.07, 6.45) is -15.6. The number of amides is 4. The Morgan fingerprint density at radius 3 is 0.878 bits per heavy atom. The highest BCUT2D eigenvalue weighted by Gasteiger charge is 2.58. The van der Waals surface area contributed by atoms with Crippen LogP contribution in [0, 0.1) is 49.2 Å². The molecule has 4 amide bonds. The van der Waals surface area contributed by atoms with Crippen LogP contribution in [0.4, 0.5) is 0 Å². The van der Waals surface area contributed by atoms with E-state index in [0.29, 0.717) is 0 Å². The number of guanidine groups is 8. The summed E-state index contributed by atoms with van der Waals surface area (Å²) < 4.78 is 21.5. The van der Waals surface area contributed by atoms with E-state index in [4.69, 9.17) is 193 Å². The van der Waals surface area contributed by atoms with Gasteiger partial charge in [0.2, 0.25) is 0 Å². The van der Waals surface area contributed by atoms with Crippen LogP contribution in [0.25, 0.3) is 0 Å². The van der Waals surface area contributed by atoms with E-state index in [0.717, 1.165) is 6.92 Å². The quantitative estimate of drug-likeness (QED) is 0.00309. The Balaban J connectivity index is 7.71. The van der Waals surface area contributed by atoms with E-state index >= 15 is 0 Å². The summed E-state index contributed by atoms with van der Waals surface area (Å²) in [7, 11) is 0. The molecule has 0 aliphatic carbocycles. The highest BCUT2D eigenvalue weighted by molar-refractivity contribution is 6.14. The van der Waals surface area contributed by atoms with Gasteiger partial charge >= 0.3 is 47.8 Å². The molecule has 0 heterocycles. The number of Topliss-reactive ketones (excluding diaryl/α,β-unsaturated/α-hetero) is 5. The SMILES string of the molecule is CC(=O)C(CCNC(=N)N)C(N)(OC(=O)C(N)(CCCNC(=N)N)C(=O)CCC(N)C(=O)C(N)(CCCNC(=N)N)C(=O)OC(N)(CCCNC(=N)N)C(=O)ON)C(=O)ON(C=O)C(=O)C(N)CCC(=O)N(C=O)OC(=O)C(N)(CCCNC(=N)N)OC(=O)C(N)(CCCNC(=N)N)C(=O)CCC(N)C(=O)C(N)(CCCNC(=N)N)C(=O)OC(N)(CCCNC(=N)N)C(=O)ON. The first-order valence-corrected chi connectivity index (χ1v) is 39.3. The standard InChI is InChI=1S/C67H125N39O25/c1-33(109)34(15-30-104-59(85)86)67(94,127-45(117)61(88,17-3-24-98-53(73)74)39(111)13-10-36(69)42(114)63(90,19-5-26-100-55(77)78)47(119)126-65(92,49(121)129-96)21-7-28-102-57(81)82)51(123)131-106(32-108)43(115)37(70)11-14-40(112)105(31-107)130-50(122)66(93,22-8-29-103-58(83)84)124-44(116)60(87,16-2-23-97-52(71)72)38(110)12-9-35(68)41(113)62(89,18-4-25-99-54(75)76)46(118)125-64(91,48(120)128-95)20-6-27-101-56(79)80/h31-32,34-37H,2-30,68-70,87-96H2,1H3,(H4,71,72,97)(H4,73,74,98)(H4,75,76,99)(H4,77,78,100)(H4,79,80,101)(H4,81,82,102)(H4,83,84,103)(H4,85,86,104). The fraction of sp³-hybridized carbons (Fsp3) is 0.627. The summed E-state index contributed by atoms with van der Waals surface area (Å²) in [6, 6.07) is -6.33. The van der Waals surface area contributed by atoms with Crippen molar-refractivity contribution in [2.45, 2.75) is 205 Å². The summed E-state index contributed by atoms with van der Waals surface area (Å²) in [4.78, 5) is 256. The molecule has 64 nitrogen and oxygen atoms in total. The molecule has 64 heteroatoms. The second-order valence-electron chi connectivity index (χ2n) is 29.5. The van der Waals surface area contributed by atoms with Crippen LogP contribution in [-0.2, 0) is 120 Å². The number of imide groups is 2. The van der Waals surface area contributed by atoms with Crippen molar-refractivity contribution < 1.29 is 120 Å². The third kappa shape index (κ3) is 37.3. The van der Waals surface area contributed by atoms with Crippen molar-refractivity contribution in [3.8, 4) is 0 Å². The van der Waals surface area contributed by atoms with Gasteiger partial charge in [0.05, 0.1) is 24.0 Å².